The minimum absolute atomic E-state index is 0.175. The predicted octanol–water partition coefficient (Wildman–Crippen LogP) is 3.64. The van der Waals surface area contributed by atoms with Gasteiger partial charge in [-0.15, -0.1) is 0 Å². The Morgan fingerprint density at radius 1 is 1.18 bits per heavy atom. The lowest BCUT2D eigenvalue weighted by molar-refractivity contribution is 0.622. The SMILES string of the molecule is Clc1ccc2c(c1)C(NC1=NCCN1)Cc1ccccc1S2. The van der Waals surface area contributed by atoms with E-state index in [0.29, 0.717) is 0 Å². The topological polar surface area (TPSA) is 36.4 Å². The van der Waals surface area contributed by atoms with E-state index in [0.717, 1.165) is 30.5 Å². The number of nitrogens with one attached hydrogen (secondary N) is 2. The Morgan fingerprint density at radius 3 is 2.95 bits per heavy atom. The van der Waals surface area contributed by atoms with Gasteiger partial charge in [-0.2, -0.15) is 0 Å². The Labute approximate surface area is 139 Å². The molecule has 2 N–H and O–H groups in total. The molecular weight excluding hydrogens is 314 g/mol. The third-order valence-electron chi connectivity index (χ3n) is 3.95. The van der Waals surface area contributed by atoms with Crippen molar-refractivity contribution in [3.05, 3.63) is 58.6 Å². The molecule has 1 atom stereocenters. The van der Waals surface area contributed by atoms with E-state index in [1.165, 1.54) is 20.9 Å². The van der Waals surface area contributed by atoms with E-state index in [1.807, 2.05) is 17.8 Å². The highest BCUT2D eigenvalue weighted by Gasteiger charge is 2.24. The van der Waals surface area contributed by atoms with E-state index in [4.69, 9.17) is 11.6 Å². The van der Waals surface area contributed by atoms with Crippen molar-refractivity contribution in [1.82, 2.24) is 10.6 Å². The minimum Gasteiger partial charge on any atom is -0.355 e. The van der Waals surface area contributed by atoms with Crippen molar-refractivity contribution in [3.63, 3.8) is 0 Å². The van der Waals surface area contributed by atoms with E-state index >= 15 is 0 Å². The second kappa shape index (κ2) is 5.86. The van der Waals surface area contributed by atoms with Gasteiger partial charge in [-0.1, -0.05) is 41.6 Å². The average molecular weight is 330 g/mol. The molecule has 22 heavy (non-hydrogen) atoms. The molecule has 0 aromatic heterocycles. The van der Waals surface area contributed by atoms with E-state index in [1.54, 1.807) is 0 Å². The van der Waals surface area contributed by atoms with Crippen molar-refractivity contribution in [1.29, 1.82) is 0 Å². The van der Waals surface area contributed by atoms with Crippen LogP contribution in [0.25, 0.3) is 0 Å². The maximum atomic E-state index is 6.24. The third kappa shape index (κ3) is 2.69. The quantitative estimate of drug-likeness (QED) is 0.838. The van der Waals surface area contributed by atoms with Gasteiger partial charge in [0.05, 0.1) is 12.6 Å². The summed E-state index contributed by atoms with van der Waals surface area (Å²) < 4.78 is 0. The Kier molecular flexibility index (Phi) is 3.72. The van der Waals surface area contributed by atoms with Gasteiger partial charge < -0.3 is 10.6 Å². The van der Waals surface area contributed by atoms with Crippen LogP contribution in [0.3, 0.4) is 0 Å². The van der Waals surface area contributed by atoms with Crippen LogP contribution in [0.15, 0.2) is 57.2 Å². The summed E-state index contributed by atoms with van der Waals surface area (Å²) in [5, 5.41) is 7.62. The number of fused-ring (bicyclic) bond motifs is 2. The second-order valence-corrected chi connectivity index (χ2v) is 6.97. The Bertz CT molecular complexity index is 744. The Balaban J connectivity index is 1.76. The second-order valence-electron chi connectivity index (χ2n) is 5.45. The highest BCUT2D eigenvalue weighted by molar-refractivity contribution is 7.99. The van der Waals surface area contributed by atoms with Crippen molar-refractivity contribution in [2.24, 2.45) is 4.99 Å². The molecule has 0 radical (unpaired) electrons. The van der Waals surface area contributed by atoms with Gasteiger partial charge in [-0.05, 0) is 41.8 Å². The normalized spacial score (nSPS) is 19.5. The van der Waals surface area contributed by atoms with E-state index < -0.39 is 0 Å². The van der Waals surface area contributed by atoms with E-state index in [-0.39, 0.29) is 6.04 Å². The molecule has 2 aromatic carbocycles. The summed E-state index contributed by atoms with van der Waals surface area (Å²) in [6.45, 7) is 1.74. The number of rotatable bonds is 1. The molecule has 0 saturated heterocycles. The molecule has 0 amide bonds. The van der Waals surface area contributed by atoms with Crippen LogP contribution in [0.2, 0.25) is 5.02 Å². The smallest absolute Gasteiger partial charge is 0.191 e. The number of hydrogen-bond donors (Lipinski definition) is 2. The highest BCUT2D eigenvalue weighted by Crippen LogP contribution is 2.41. The van der Waals surface area contributed by atoms with Crippen molar-refractivity contribution < 1.29 is 0 Å². The summed E-state index contributed by atoms with van der Waals surface area (Å²) in [5.74, 6) is 0.889. The van der Waals surface area contributed by atoms with Crippen LogP contribution in [0.4, 0.5) is 0 Å². The number of halogens is 1. The lowest BCUT2D eigenvalue weighted by Gasteiger charge is -2.20. The number of nitrogens with zero attached hydrogens (tertiary/aromatic N) is 1. The molecule has 2 aromatic rings. The maximum Gasteiger partial charge on any atom is 0.191 e. The molecule has 3 nitrogen and oxygen atoms in total. The van der Waals surface area contributed by atoms with Gasteiger partial charge in [-0.3, -0.25) is 4.99 Å². The minimum atomic E-state index is 0.175. The van der Waals surface area contributed by atoms with Crippen LogP contribution in [0.1, 0.15) is 17.2 Å². The summed E-state index contributed by atoms with van der Waals surface area (Å²) in [6.07, 6.45) is 0.928. The zero-order valence-corrected chi connectivity index (χ0v) is 13.5. The zero-order valence-electron chi connectivity index (χ0n) is 12.0. The first-order valence-corrected chi connectivity index (χ1v) is 8.59. The zero-order chi connectivity index (χ0) is 14.9. The first-order chi connectivity index (χ1) is 10.8. The summed E-state index contributed by atoms with van der Waals surface area (Å²) in [4.78, 5) is 7.04. The molecule has 4 rings (SSSR count). The van der Waals surface area contributed by atoms with Crippen molar-refractivity contribution in [3.8, 4) is 0 Å². The van der Waals surface area contributed by atoms with Crippen LogP contribution in [0, 0.1) is 0 Å². The fourth-order valence-corrected chi connectivity index (χ4v) is 4.20. The summed E-state index contributed by atoms with van der Waals surface area (Å²) in [5.41, 5.74) is 2.60. The predicted molar refractivity (Wildman–Crippen MR) is 91.9 cm³/mol. The van der Waals surface area contributed by atoms with Crippen molar-refractivity contribution >= 4 is 29.3 Å². The van der Waals surface area contributed by atoms with Crippen LogP contribution >= 0.6 is 23.4 Å². The lowest BCUT2D eigenvalue weighted by atomic mass is 9.99. The molecule has 2 heterocycles. The summed E-state index contributed by atoms with van der Waals surface area (Å²) in [6, 6.07) is 14.9. The van der Waals surface area contributed by atoms with Crippen LogP contribution in [0.5, 0.6) is 0 Å². The molecule has 0 spiro atoms. The van der Waals surface area contributed by atoms with Gasteiger partial charge in [0, 0.05) is 21.4 Å². The molecule has 0 aliphatic carbocycles. The molecule has 0 saturated carbocycles. The molecule has 112 valence electrons. The number of guanidine groups is 1. The molecular formula is C17H16ClN3S. The molecule has 2 aliphatic heterocycles. The summed E-state index contributed by atoms with van der Waals surface area (Å²) >= 11 is 8.06. The maximum absolute atomic E-state index is 6.24. The molecule has 2 aliphatic rings. The van der Waals surface area contributed by atoms with Crippen LogP contribution < -0.4 is 10.6 Å². The van der Waals surface area contributed by atoms with Crippen molar-refractivity contribution in [2.45, 2.75) is 22.3 Å². The van der Waals surface area contributed by atoms with Crippen LogP contribution in [-0.2, 0) is 6.42 Å². The van der Waals surface area contributed by atoms with Gasteiger partial charge in [0.25, 0.3) is 0 Å². The molecule has 1 unspecified atom stereocenters. The number of benzene rings is 2. The Hall–Kier alpha value is -1.65. The monoisotopic (exact) mass is 329 g/mol. The van der Waals surface area contributed by atoms with Gasteiger partial charge in [-0.25, -0.2) is 0 Å². The highest BCUT2D eigenvalue weighted by atomic mass is 35.5. The third-order valence-corrected chi connectivity index (χ3v) is 5.39. The number of hydrogen-bond acceptors (Lipinski definition) is 4. The van der Waals surface area contributed by atoms with Crippen LogP contribution in [-0.4, -0.2) is 19.0 Å². The number of aliphatic imine (C=N–C) groups is 1. The lowest BCUT2D eigenvalue weighted by Crippen LogP contribution is -2.37. The summed E-state index contributed by atoms with van der Waals surface area (Å²) in [7, 11) is 0. The standard InChI is InChI=1S/C17H16ClN3S/c18-12-5-6-16-13(10-12)14(21-17-19-7-8-20-17)9-11-3-1-2-4-15(11)22-16/h1-6,10,14H,7-9H2,(H2,19,20,21). The largest absolute Gasteiger partial charge is 0.355 e. The molecule has 0 bridgehead atoms. The van der Waals surface area contributed by atoms with Crippen molar-refractivity contribution in [2.75, 3.05) is 13.1 Å². The van der Waals surface area contributed by atoms with Gasteiger partial charge in [0.2, 0.25) is 0 Å². The van der Waals surface area contributed by atoms with Gasteiger partial charge in [0.15, 0.2) is 5.96 Å². The van der Waals surface area contributed by atoms with E-state index in [2.05, 4.69) is 52.0 Å². The van der Waals surface area contributed by atoms with Gasteiger partial charge >= 0.3 is 0 Å². The van der Waals surface area contributed by atoms with Gasteiger partial charge in [0.1, 0.15) is 0 Å². The molecule has 0 fully saturated rings. The molecule has 5 heteroatoms. The van der Waals surface area contributed by atoms with E-state index in [9.17, 15) is 0 Å². The Morgan fingerprint density at radius 2 is 2.09 bits per heavy atom. The fourth-order valence-electron chi connectivity index (χ4n) is 2.89. The first kappa shape index (κ1) is 14.0. The fraction of sp³-hybridized carbons (Fsp3) is 0.235. The average Bonchev–Trinajstić information content (AvgIpc) is 2.97. The first-order valence-electron chi connectivity index (χ1n) is 7.40.